The van der Waals surface area contributed by atoms with Crippen molar-refractivity contribution in [3.63, 3.8) is 0 Å². The van der Waals surface area contributed by atoms with E-state index in [0.29, 0.717) is 0 Å². The molecule has 2 aromatic carbocycles. The van der Waals surface area contributed by atoms with Gasteiger partial charge in [0.25, 0.3) is 0 Å². The molecule has 0 spiro atoms. The molecule has 0 saturated heterocycles. The maximum Gasteiger partial charge on any atom is 0.344 e. The van der Waals surface area contributed by atoms with Crippen LogP contribution in [0.25, 0.3) is 0 Å². The van der Waals surface area contributed by atoms with Crippen molar-refractivity contribution in [2.75, 3.05) is 0 Å². The number of halogens is 1. The summed E-state index contributed by atoms with van der Waals surface area (Å²) in [6.45, 7) is 1.85. The lowest BCUT2D eigenvalue weighted by atomic mass is 10.1. The van der Waals surface area contributed by atoms with Crippen LogP contribution in [0.5, 0.6) is 0 Å². The van der Waals surface area contributed by atoms with Crippen LogP contribution in [0.2, 0.25) is 0 Å². The molecule has 0 unspecified atom stereocenters. The van der Waals surface area contributed by atoms with E-state index in [1.807, 2.05) is 13.0 Å². The van der Waals surface area contributed by atoms with Crippen molar-refractivity contribution >= 4 is 27.8 Å². The minimum Gasteiger partial charge on any atom is -0.353 e. The number of sulfonamides is 1. The second-order valence-electron chi connectivity index (χ2n) is 5.17. The van der Waals surface area contributed by atoms with Gasteiger partial charge < -0.3 is 4.84 Å². The quantitative estimate of drug-likeness (QED) is 0.577. The number of benzene rings is 2. The second-order valence-corrected chi connectivity index (χ2v) is 7.04. The molecule has 0 bridgehead atoms. The number of carbonyl (C=O) groups is 1. The molecule has 2 rings (SSSR count). The summed E-state index contributed by atoms with van der Waals surface area (Å²) in [4.78, 5) is 18.4. The SMILES string of the molecule is Cc1ccc(S(=O)(=O)N[C@@H](Cc2ccccc2)C(=O)ONCl)cc1. The van der Waals surface area contributed by atoms with Gasteiger partial charge in [0.1, 0.15) is 6.04 Å². The van der Waals surface area contributed by atoms with Crippen molar-refractivity contribution in [2.45, 2.75) is 24.3 Å². The highest BCUT2D eigenvalue weighted by Crippen LogP contribution is 2.13. The molecule has 24 heavy (non-hydrogen) atoms. The Labute approximate surface area is 145 Å². The Morgan fingerprint density at radius 1 is 1.12 bits per heavy atom. The Kier molecular flexibility index (Phi) is 6.33. The van der Waals surface area contributed by atoms with Gasteiger partial charge in [-0.05, 0) is 31.0 Å². The minimum atomic E-state index is -3.88. The zero-order valence-electron chi connectivity index (χ0n) is 12.9. The average Bonchev–Trinajstić information content (AvgIpc) is 2.55. The normalized spacial score (nSPS) is 12.6. The maximum atomic E-state index is 12.5. The molecule has 6 nitrogen and oxygen atoms in total. The third-order valence-electron chi connectivity index (χ3n) is 3.34. The van der Waals surface area contributed by atoms with Crippen LogP contribution in [0.4, 0.5) is 0 Å². The van der Waals surface area contributed by atoms with Crippen molar-refractivity contribution in [1.82, 2.24) is 9.72 Å². The number of rotatable bonds is 7. The predicted octanol–water partition coefficient (Wildman–Crippen LogP) is 2.09. The summed E-state index contributed by atoms with van der Waals surface area (Å²) >= 11 is 5.18. The van der Waals surface area contributed by atoms with Crippen molar-refractivity contribution < 1.29 is 18.0 Å². The van der Waals surface area contributed by atoms with Gasteiger partial charge in [0, 0.05) is 11.8 Å². The van der Waals surface area contributed by atoms with E-state index in [4.69, 9.17) is 11.8 Å². The minimum absolute atomic E-state index is 0.0674. The van der Waals surface area contributed by atoms with E-state index in [-0.39, 0.29) is 11.3 Å². The second kappa shape index (κ2) is 8.25. The van der Waals surface area contributed by atoms with Gasteiger partial charge >= 0.3 is 5.97 Å². The Morgan fingerprint density at radius 2 is 1.75 bits per heavy atom. The number of hydrogen-bond donors (Lipinski definition) is 2. The molecule has 0 saturated carbocycles. The summed E-state index contributed by atoms with van der Waals surface area (Å²) in [5, 5.41) is 0. The molecular weight excluding hydrogens is 352 g/mol. The monoisotopic (exact) mass is 368 g/mol. The molecule has 1 atom stereocenters. The van der Waals surface area contributed by atoms with Crippen LogP contribution in [0.15, 0.2) is 59.5 Å². The summed E-state index contributed by atoms with van der Waals surface area (Å²) < 4.78 is 27.3. The third kappa shape index (κ3) is 5.04. The topological polar surface area (TPSA) is 84.5 Å². The lowest BCUT2D eigenvalue weighted by molar-refractivity contribution is -0.149. The van der Waals surface area contributed by atoms with Gasteiger partial charge in [-0.2, -0.15) is 4.72 Å². The highest BCUT2D eigenvalue weighted by Gasteiger charge is 2.27. The van der Waals surface area contributed by atoms with E-state index >= 15 is 0 Å². The van der Waals surface area contributed by atoms with Crippen LogP contribution in [-0.4, -0.2) is 20.4 Å². The third-order valence-corrected chi connectivity index (χ3v) is 4.90. The summed E-state index contributed by atoms with van der Waals surface area (Å²) in [5.41, 5.74) is 1.71. The van der Waals surface area contributed by atoms with Gasteiger partial charge in [-0.1, -0.05) is 53.0 Å². The van der Waals surface area contributed by atoms with Crippen LogP contribution in [-0.2, 0) is 26.1 Å². The van der Waals surface area contributed by atoms with Gasteiger partial charge in [0.05, 0.1) is 4.90 Å². The lowest BCUT2D eigenvalue weighted by Gasteiger charge is -2.17. The van der Waals surface area contributed by atoms with Crippen LogP contribution in [0, 0.1) is 6.92 Å². The number of carbonyl (C=O) groups excluding carboxylic acids is 1. The molecule has 0 aliphatic heterocycles. The maximum absolute atomic E-state index is 12.5. The fourth-order valence-electron chi connectivity index (χ4n) is 2.10. The van der Waals surface area contributed by atoms with E-state index < -0.39 is 22.0 Å². The number of aryl methyl sites for hydroxylation is 1. The number of nitrogens with one attached hydrogen (secondary N) is 2. The predicted molar refractivity (Wildman–Crippen MR) is 90.5 cm³/mol. The first kappa shape index (κ1) is 18.4. The molecule has 0 fully saturated rings. The van der Waals surface area contributed by atoms with E-state index in [1.165, 1.54) is 12.1 Å². The first-order valence-corrected chi connectivity index (χ1v) is 8.98. The molecule has 0 radical (unpaired) electrons. The highest BCUT2D eigenvalue weighted by molar-refractivity contribution is 7.89. The van der Waals surface area contributed by atoms with E-state index in [0.717, 1.165) is 11.1 Å². The van der Waals surface area contributed by atoms with E-state index in [2.05, 4.69) is 9.56 Å². The summed E-state index contributed by atoms with van der Waals surface area (Å²) in [7, 11) is -3.88. The summed E-state index contributed by atoms with van der Waals surface area (Å²) in [6.07, 6.45) is 0.128. The smallest absolute Gasteiger partial charge is 0.344 e. The van der Waals surface area contributed by atoms with Crippen LogP contribution in [0.1, 0.15) is 11.1 Å². The zero-order chi connectivity index (χ0) is 17.6. The first-order chi connectivity index (χ1) is 11.4. The molecule has 0 amide bonds. The average molecular weight is 369 g/mol. The molecule has 8 heteroatoms. The van der Waals surface area contributed by atoms with Crippen LogP contribution >= 0.6 is 11.8 Å². The Morgan fingerprint density at radius 3 is 2.33 bits per heavy atom. The molecule has 0 aliphatic carbocycles. The fraction of sp³-hybridized carbons (Fsp3) is 0.188. The Hall–Kier alpha value is -1.93. The van der Waals surface area contributed by atoms with Crippen molar-refractivity contribution in [1.29, 1.82) is 0 Å². The molecule has 128 valence electrons. The Balaban J connectivity index is 2.23. The van der Waals surface area contributed by atoms with E-state index in [1.54, 1.807) is 41.4 Å². The van der Waals surface area contributed by atoms with Crippen molar-refractivity contribution in [3.05, 3.63) is 65.7 Å². The summed E-state index contributed by atoms with van der Waals surface area (Å²) in [5.74, 6) is -0.829. The van der Waals surface area contributed by atoms with Gasteiger partial charge in [-0.3, -0.25) is 0 Å². The van der Waals surface area contributed by atoms with Crippen molar-refractivity contribution in [3.8, 4) is 0 Å². The molecule has 2 N–H and O–H groups in total. The standard InChI is InChI=1S/C16H17ClN2O4S/c1-12-7-9-14(10-8-12)24(21,22)18-15(16(20)23-19-17)11-13-5-3-2-4-6-13/h2-10,15,18-19H,11H2,1H3/t15-/m0/s1. The van der Waals surface area contributed by atoms with Gasteiger partial charge in [-0.15, -0.1) is 0 Å². The van der Waals surface area contributed by atoms with Crippen LogP contribution in [0.3, 0.4) is 0 Å². The lowest BCUT2D eigenvalue weighted by Crippen LogP contribution is -2.44. The van der Waals surface area contributed by atoms with Gasteiger partial charge in [0.15, 0.2) is 0 Å². The van der Waals surface area contributed by atoms with Crippen molar-refractivity contribution in [2.24, 2.45) is 0 Å². The summed E-state index contributed by atoms with van der Waals surface area (Å²) in [6, 6.07) is 14.2. The highest BCUT2D eigenvalue weighted by atomic mass is 35.5. The van der Waals surface area contributed by atoms with Gasteiger partial charge in [-0.25, -0.2) is 13.2 Å². The Bertz CT molecular complexity index is 779. The van der Waals surface area contributed by atoms with Gasteiger partial charge in [0.2, 0.25) is 10.0 Å². The number of hydrogen-bond acceptors (Lipinski definition) is 5. The first-order valence-electron chi connectivity index (χ1n) is 7.11. The van der Waals surface area contributed by atoms with Crippen LogP contribution < -0.4 is 9.72 Å². The molecule has 0 aromatic heterocycles. The molecule has 0 aliphatic rings. The van der Waals surface area contributed by atoms with E-state index in [9.17, 15) is 13.2 Å². The molecular formula is C16H17ClN2O4S. The molecule has 2 aromatic rings. The largest absolute Gasteiger partial charge is 0.353 e. The fourth-order valence-corrected chi connectivity index (χ4v) is 3.37. The molecule has 0 heterocycles. The zero-order valence-corrected chi connectivity index (χ0v) is 14.5.